The highest BCUT2D eigenvalue weighted by Gasteiger charge is 2.21. The number of fused-ring (bicyclic) bond motifs is 2. The first-order valence-electron chi connectivity index (χ1n) is 5.76. The van der Waals surface area contributed by atoms with Crippen molar-refractivity contribution in [3.05, 3.63) is 59.2 Å². The Labute approximate surface area is 105 Å². The van der Waals surface area contributed by atoms with E-state index in [1.165, 1.54) is 0 Å². The molecule has 2 aromatic carbocycles. The van der Waals surface area contributed by atoms with Gasteiger partial charge >= 0.3 is 0 Å². The summed E-state index contributed by atoms with van der Waals surface area (Å²) in [6.45, 7) is 2.07. The summed E-state index contributed by atoms with van der Waals surface area (Å²) in [5, 5.41) is 0. The van der Waals surface area contributed by atoms with Gasteiger partial charge in [-0.15, -0.1) is 0 Å². The predicted molar refractivity (Wildman–Crippen MR) is 67.2 cm³/mol. The molecule has 0 unspecified atom stereocenters. The molecule has 1 aliphatic rings. The summed E-state index contributed by atoms with van der Waals surface area (Å²) in [5.41, 5.74) is 2.21. The Hall–Kier alpha value is -2.29. The van der Waals surface area contributed by atoms with Crippen LogP contribution in [0, 0.1) is 6.92 Å². The van der Waals surface area contributed by atoms with E-state index < -0.39 is 0 Å². The molecule has 0 aliphatic carbocycles. The fourth-order valence-electron chi connectivity index (χ4n) is 2.02. The van der Waals surface area contributed by atoms with Crippen LogP contribution in [0.15, 0.2) is 42.5 Å². The summed E-state index contributed by atoms with van der Waals surface area (Å²) in [6.07, 6.45) is 0. The van der Waals surface area contributed by atoms with E-state index in [2.05, 4.69) is 0 Å². The van der Waals surface area contributed by atoms with E-state index in [1.54, 1.807) is 18.2 Å². The van der Waals surface area contributed by atoms with Crippen LogP contribution in [0.4, 0.5) is 0 Å². The molecule has 0 spiro atoms. The molecule has 0 bridgehead atoms. The van der Waals surface area contributed by atoms with Crippen LogP contribution in [-0.4, -0.2) is 12.6 Å². The number of rotatable bonds is 0. The summed E-state index contributed by atoms with van der Waals surface area (Å²) in [7, 11) is 0. The average Bonchev–Trinajstić information content (AvgIpc) is 2.37. The van der Waals surface area contributed by atoms with E-state index >= 15 is 0 Å². The second-order valence-electron chi connectivity index (χ2n) is 4.23. The number of hydrogen-bond donors (Lipinski definition) is 0. The number of carbonyl (C=O) groups excluding carboxylic acids is 1. The van der Waals surface area contributed by atoms with Crippen molar-refractivity contribution in [2.75, 3.05) is 6.79 Å². The van der Waals surface area contributed by atoms with E-state index in [9.17, 15) is 4.79 Å². The second kappa shape index (κ2) is 4.18. The topological polar surface area (TPSA) is 35.5 Å². The third-order valence-corrected chi connectivity index (χ3v) is 2.94. The Balaban J connectivity index is 2.17. The van der Waals surface area contributed by atoms with Gasteiger partial charge in [-0.1, -0.05) is 18.2 Å². The standard InChI is InChI=1S/C15H12O3/c1-10-6-7-12-14(8-10)18-9-17-13-5-3-2-4-11(13)15(12)16/h2-8H,9H2,1H3. The third-order valence-electron chi connectivity index (χ3n) is 2.94. The first kappa shape index (κ1) is 10.8. The summed E-state index contributed by atoms with van der Waals surface area (Å²) >= 11 is 0. The van der Waals surface area contributed by atoms with Gasteiger partial charge in [0.2, 0.25) is 6.79 Å². The lowest BCUT2D eigenvalue weighted by molar-refractivity contribution is 0.0946. The Morgan fingerprint density at radius 1 is 0.944 bits per heavy atom. The predicted octanol–water partition coefficient (Wildman–Crippen LogP) is 2.95. The SMILES string of the molecule is Cc1ccc2c(c1)OCOc1ccccc1C2=O. The summed E-state index contributed by atoms with van der Waals surface area (Å²) < 4.78 is 10.9. The van der Waals surface area contributed by atoms with Crippen LogP contribution >= 0.6 is 0 Å². The largest absolute Gasteiger partial charge is 0.457 e. The van der Waals surface area contributed by atoms with Crippen LogP contribution in [-0.2, 0) is 0 Å². The maximum absolute atomic E-state index is 12.4. The minimum atomic E-state index is -0.0692. The molecule has 2 aromatic rings. The lowest BCUT2D eigenvalue weighted by Gasteiger charge is -2.18. The molecule has 1 heterocycles. The quantitative estimate of drug-likeness (QED) is 0.710. The number of hydrogen-bond acceptors (Lipinski definition) is 3. The number of carbonyl (C=O) groups is 1. The van der Waals surface area contributed by atoms with Crippen molar-refractivity contribution in [2.45, 2.75) is 6.92 Å². The van der Waals surface area contributed by atoms with Crippen molar-refractivity contribution in [1.29, 1.82) is 0 Å². The fraction of sp³-hybridized carbons (Fsp3) is 0.133. The van der Waals surface area contributed by atoms with Gasteiger partial charge in [0.15, 0.2) is 5.78 Å². The van der Waals surface area contributed by atoms with Crippen LogP contribution in [0.25, 0.3) is 0 Å². The molecule has 0 radical (unpaired) electrons. The molecule has 0 amide bonds. The summed E-state index contributed by atoms with van der Waals surface area (Å²) in [5.74, 6) is 1.07. The number of benzene rings is 2. The van der Waals surface area contributed by atoms with E-state index in [4.69, 9.17) is 9.47 Å². The first-order valence-corrected chi connectivity index (χ1v) is 5.76. The van der Waals surface area contributed by atoms with Crippen LogP contribution in [0.3, 0.4) is 0 Å². The second-order valence-corrected chi connectivity index (χ2v) is 4.23. The third kappa shape index (κ3) is 1.74. The summed E-state index contributed by atoms with van der Waals surface area (Å²) in [6, 6.07) is 12.8. The van der Waals surface area contributed by atoms with Crippen LogP contribution < -0.4 is 9.47 Å². The molecule has 0 N–H and O–H groups in total. The zero-order valence-corrected chi connectivity index (χ0v) is 9.97. The fourth-order valence-corrected chi connectivity index (χ4v) is 2.02. The molecule has 0 saturated carbocycles. The maximum atomic E-state index is 12.4. The van der Waals surface area contributed by atoms with Crippen LogP contribution in [0.1, 0.15) is 21.5 Å². The first-order chi connectivity index (χ1) is 8.75. The van der Waals surface area contributed by atoms with Gasteiger partial charge in [-0.3, -0.25) is 4.79 Å². The zero-order chi connectivity index (χ0) is 12.5. The molecule has 90 valence electrons. The van der Waals surface area contributed by atoms with Crippen molar-refractivity contribution >= 4 is 5.78 Å². The van der Waals surface area contributed by atoms with Gasteiger partial charge in [-0.25, -0.2) is 0 Å². The lowest BCUT2D eigenvalue weighted by atomic mass is 10.00. The number of ether oxygens (including phenoxy) is 2. The minimum Gasteiger partial charge on any atom is -0.457 e. The van der Waals surface area contributed by atoms with Gasteiger partial charge < -0.3 is 9.47 Å². The average molecular weight is 240 g/mol. The van der Waals surface area contributed by atoms with Gasteiger partial charge in [-0.2, -0.15) is 0 Å². The molecular weight excluding hydrogens is 228 g/mol. The van der Waals surface area contributed by atoms with Crippen molar-refractivity contribution in [2.24, 2.45) is 0 Å². The minimum absolute atomic E-state index is 0.0692. The lowest BCUT2D eigenvalue weighted by Crippen LogP contribution is -2.15. The number of aryl methyl sites for hydroxylation is 1. The van der Waals surface area contributed by atoms with Crippen molar-refractivity contribution in [3.63, 3.8) is 0 Å². The Morgan fingerprint density at radius 2 is 1.67 bits per heavy atom. The Kier molecular flexibility index (Phi) is 2.52. The van der Waals surface area contributed by atoms with E-state index in [1.807, 2.05) is 31.2 Å². The highest BCUT2D eigenvalue weighted by atomic mass is 16.7. The van der Waals surface area contributed by atoms with Gasteiger partial charge in [0, 0.05) is 0 Å². The smallest absolute Gasteiger partial charge is 0.230 e. The Morgan fingerprint density at radius 3 is 2.56 bits per heavy atom. The van der Waals surface area contributed by atoms with Crippen LogP contribution in [0.2, 0.25) is 0 Å². The van der Waals surface area contributed by atoms with E-state index in [0.717, 1.165) is 5.56 Å². The van der Waals surface area contributed by atoms with Crippen LogP contribution in [0.5, 0.6) is 11.5 Å². The molecule has 3 heteroatoms. The molecule has 1 aliphatic heterocycles. The molecule has 0 atom stereocenters. The Bertz CT molecular complexity index is 617. The highest BCUT2D eigenvalue weighted by molar-refractivity contribution is 6.12. The van der Waals surface area contributed by atoms with Crippen molar-refractivity contribution < 1.29 is 14.3 Å². The van der Waals surface area contributed by atoms with E-state index in [0.29, 0.717) is 22.6 Å². The zero-order valence-electron chi connectivity index (χ0n) is 9.97. The molecule has 0 fully saturated rings. The van der Waals surface area contributed by atoms with Gasteiger partial charge in [0.25, 0.3) is 0 Å². The molecule has 3 rings (SSSR count). The van der Waals surface area contributed by atoms with Crippen molar-refractivity contribution in [1.82, 2.24) is 0 Å². The van der Waals surface area contributed by atoms with E-state index in [-0.39, 0.29) is 12.6 Å². The molecule has 0 saturated heterocycles. The van der Waals surface area contributed by atoms with Gasteiger partial charge in [-0.05, 0) is 36.8 Å². The van der Waals surface area contributed by atoms with Crippen molar-refractivity contribution in [3.8, 4) is 11.5 Å². The summed E-state index contributed by atoms with van der Waals surface area (Å²) in [4.78, 5) is 12.4. The molecule has 0 aromatic heterocycles. The van der Waals surface area contributed by atoms with Gasteiger partial charge in [0.1, 0.15) is 11.5 Å². The number of para-hydroxylation sites is 1. The molecule has 18 heavy (non-hydrogen) atoms. The maximum Gasteiger partial charge on any atom is 0.230 e. The van der Waals surface area contributed by atoms with Gasteiger partial charge in [0.05, 0.1) is 11.1 Å². The highest BCUT2D eigenvalue weighted by Crippen LogP contribution is 2.29. The number of ketones is 1. The molecule has 3 nitrogen and oxygen atoms in total. The molecular formula is C15H12O3. The normalized spacial score (nSPS) is 13.5. The monoisotopic (exact) mass is 240 g/mol.